The zero-order valence-corrected chi connectivity index (χ0v) is 11.6. The van der Waals surface area contributed by atoms with Gasteiger partial charge < -0.3 is 5.11 Å². The number of rotatable bonds is 3. The quantitative estimate of drug-likeness (QED) is 0.880. The summed E-state index contributed by atoms with van der Waals surface area (Å²) in [5, 5.41) is 12.8. The summed E-state index contributed by atoms with van der Waals surface area (Å²) in [7, 11) is 0. The first kappa shape index (κ1) is 11.5. The predicted molar refractivity (Wildman–Crippen MR) is 74.6 cm³/mol. The van der Waals surface area contributed by atoms with Crippen molar-refractivity contribution in [3.05, 3.63) is 22.4 Å². The molecule has 1 nitrogen and oxygen atoms in total. The maximum Gasteiger partial charge on any atom is 0.0621 e. The van der Waals surface area contributed by atoms with Gasteiger partial charge in [0.05, 0.1) is 6.10 Å². The molecule has 2 heteroatoms. The fraction of sp³-hybridized carbons (Fsp3) is 0.750. The van der Waals surface area contributed by atoms with Gasteiger partial charge in [0.25, 0.3) is 0 Å². The Labute approximate surface area is 113 Å². The van der Waals surface area contributed by atoms with Gasteiger partial charge in [0.1, 0.15) is 0 Å². The van der Waals surface area contributed by atoms with Gasteiger partial charge in [-0.3, -0.25) is 0 Å². The highest BCUT2D eigenvalue weighted by atomic mass is 32.1. The smallest absolute Gasteiger partial charge is 0.0621 e. The van der Waals surface area contributed by atoms with Gasteiger partial charge in [-0.15, -0.1) is 11.3 Å². The highest BCUT2D eigenvalue weighted by molar-refractivity contribution is 7.09. The second-order valence-electron chi connectivity index (χ2n) is 6.86. The monoisotopic (exact) mass is 262 g/mol. The summed E-state index contributed by atoms with van der Waals surface area (Å²) in [5.41, 5.74) is 0. The minimum absolute atomic E-state index is 0.0846. The fourth-order valence-electron chi connectivity index (χ4n) is 5.37. The molecule has 4 fully saturated rings. The average Bonchev–Trinajstić information content (AvgIpc) is 2.80. The molecule has 4 bridgehead atoms. The molecule has 0 aromatic carbocycles. The van der Waals surface area contributed by atoms with Gasteiger partial charge in [-0.1, -0.05) is 6.07 Å². The number of hydrogen-bond donors (Lipinski definition) is 1. The molecule has 0 amide bonds. The molecule has 1 N–H and O–H groups in total. The van der Waals surface area contributed by atoms with Crippen molar-refractivity contribution < 1.29 is 5.11 Å². The first-order chi connectivity index (χ1) is 8.79. The van der Waals surface area contributed by atoms with Crippen LogP contribution in [0.15, 0.2) is 17.5 Å². The van der Waals surface area contributed by atoms with Crippen LogP contribution in [0.1, 0.15) is 37.0 Å². The Bertz CT molecular complexity index is 383. The summed E-state index contributed by atoms with van der Waals surface area (Å²) in [6.07, 6.45) is 7.97. The highest BCUT2D eigenvalue weighted by Crippen LogP contribution is 2.57. The van der Waals surface area contributed by atoms with E-state index in [2.05, 4.69) is 17.5 Å². The molecule has 4 saturated carbocycles. The minimum atomic E-state index is -0.0846. The maximum atomic E-state index is 10.7. The summed E-state index contributed by atoms with van der Waals surface area (Å²) in [4.78, 5) is 1.36. The molecule has 4 aliphatic rings. The van der Waals surface area contributed by atoms with E-state index in [1.807, 2.05) is 0 Å². The van der Waals surface area contributed by atoms with Crippen LogP contribution >= 0.6 is 11.3 Å². The first-order valence-corrected chi connectivity index (χ1v) is 8.38. The van der Waals surface area contributed by atoms with Crippen molar-refractivity contribution in [2.45, 2.75) is 44.6 Å². The Morgan fingerprint density at radius 2 is 1.78 bits per heavy atom. The van der Waals surface area contributed by atoms with Crippen LogP contribution in [0.25, 0.3) is 0 Å². The second kappa shape index (κ2) is 4.35. The Hall–Kier alpha value is -0.340. The molecule has 5 rings (SSSR count). The third-order valence-corrected chi connectivity index (χ3v) is 6.63. The van der Waals surface area contributed by atoms with Gasteiger partial charge in [0, 0.05) is 11.3 Å². The van der Waals surface area contributed by atoms with Crippen molar-refractivity contribution in [3.63, 3.8) is 0 Å². The fourth-order valence-corrected chi connectivity index (χ4v) is 6.12. The summed E-state index contributed by atoms with van der Waals surface area (Å²) in [6.45, 7) is 0. The third-order valence-electron chi connectivity index (χ3n) is 5.73. The van der Waals surface area contributed by atoms with Crippen LogP contribution in [0, 0.1) is 29.6 Å². The minimum Gasteiger partial charge on any atom is -0.392 e. The van der Waals surface area contributed by atoms with Gasteiger partial charge in [0.2, 0.25) is 0 Å². The van der Waals surface area contributed by atoms with Crippen LogP contribution in [0.4, 0.5) is 0 Å². The highest BCUT2D eigenvalue weighted by Gasteiger charge is 2.50. The van der Waals surface area contributed by atoms with E-state index in [0.29, 0.717) is 5.92 Å². The second-order valence-corrected chi connectivity index (χ2v) is 7.89. The standard InChI is InChI=1S/C16H22OS/c17-15(9-14-2-1-3-18-14)16-12-5-10-4-11(7-12)8-13(16)6-10/h1-3,10-13,15-17H,4-9H2. The molecule has 0 spiro atoms. The van der Waals surface area contributed by atoms with E-state index in [1.165, 1.54) is 37.0 Å². The van der Waals surface area contributed by atoms with Crippen molar-refractivity contribution in [1.29, 1.82) is 0 Å². The van der Waals surface area contributed by atoms with E-state index in [9.17, 15) is 5.11 Å². The van der Waals surface area contributed by atoms with E-state index in [0.717, 1.165) is 30.1 Å². The normalized spacial score (nSPS) is 43.3. The van der Waals surface area contributed by atoms with Crippen LogP contribution in [0.5, 0.6) is 0 Å². The van der Waals surface area contributed by atoms with E-state index in [4.69, 9.17) is 0 Å². The van der Waals surface area contributed by atoms with Gasteiger partial charge in [0.15, 0.2) is 0 Å². The van der Waals surface area contributed by atoms with Crippen molar-refractivity contribution >= 4 is 11.3 Å². The Balaban J connectivity index is 1.50. The van der Waals surface area contributed by atoms with Gasteiger partial charge in [-0.25, -0.2) is 0 Å². The summed E-state index contributed by atoms with van der Waals surface area (Å²) >= 11 is 1.79. The largest absolute Gasteiger partial charge is 0.392 e. The number of aliphatic hydroxyl groups excluding tert-OH is 1. The zero-order chi connectivity index (χ0) is 12.1. The Morgan fingerprint density at radius 1 is 1.11 bits per heavy atom. The van der Waals surface area contributed by atoms with Crippen molar-refractivity contribution in [3.8, 4) is 0 Å². The van der Waals surface area contributed by atoms with E-state index >= 15 is 0 Å². The molecule has 1 atom stereocenters. The summed E-state index contributed by atoms with van der Waals surface area (Å²) in [6, 6.07) is 4.27. The van der Waals surface area contributed by atoms with E-state index in [-0.39, 0.29) is 6.10 Å². The Morgan fingerprint density at radius 3 is 2.33 bits per heavy atom. The van der Waals surface area contributed by atoms with E-state index < -0.39 is 0 Å². The predicted octanol–water partition coefficient (Wildman–Crippen LogP) is 3.72. The van der Waals surface area contributed by atoms with Gasteiger partial charge in [-0.05, 0) is 73.1 Å². The molecular weight excluding hydrogens is 240 g/mol. The van der Waals surface area contributed by atoms with Crippen LogP contribution < -0.4 is 0 Å². The van der Waals surface area contributed by atoms with Crippen molar-refractivity contribution in [2.24, 2.45) is 29.6 Å². The number of thiophene rings is 1. The third kappa shape index (κ3) is 1.85. The molecule has 1 unspecified atom stereocenters. The number of aliphatic hydroxyl groups is 1. The summed E-state index contributed by atoms with van der Waals surface area (Å²) in [5.74, 6) is 4.32. The first-order valence-electron chi connectivity index (χ1n) is 7.50. The molecule has 1 heterocycles. The lowest BCUT2D eigenvalue weighted by molar-refractivity contribution is -0.0885. The lowest BCUT2D eigenvalue weighted by Gasteiger charge is -2.55. The van der Waals surface area contributed by atoms with Gasteiger partial charge in [-0.2, -0.15) is 0 Å². The van der Waals surface area contributed by atoms with Crippen LogP contribution in [0.2, 0.25) is 0 Å². The summed E-state index contributed by atoms with van der Waals surface area (Å²) < 4.78 is 0. The van der Waals surface area contributed by atoms with Crippen LogP contribution in [-0.2, 0) is 6.42 Å². The molecule has 0 saturated heterocycles. The molecule has 0 aliphatic heterocycles. The average molecular weight is 262 g/mol. The van der Waals surface area contributed by atoms with Crippen LogP contribution in [0.3, 0.4) is 0 Å². The Kier molecular flexibility index (Phi) is 2.77. The van der Waals surface area contributed by atoms with E-state index in [1.54, 1.807) is 11.3 Å². The lowest BCUT2D eigenvalue weighted by atomic mass is 9.50. The molecule has 1 aromatic heterocycles. The molecular formula is C16H22OS. The van der Waals surface area contributed by atoms with Crippen LogP contribution in [-0.4, -0.2) is 11.2 Å². The lowest BCUT2D eigenvalue weighted by Crippen LogP contribution is -2.49. The topological polar surface area (TPSA) is 20.2 Å². The molecule has 4 aliphatic carbocycles. The van der Waals surface area contributed by atoms with Gasteiger partial charge >= 0.3 is 0 Å². The zero-order valence-electron chi connectivity index (χ0n) is 10.8. The van der Waals surface area contributed by atoms with Crippen molar-refractivity contribution in [1.82, 2.24) is 0 Å². The SMILES string of the molecule is OC(Cc1cccs1)C1C2CC3CC(C2)CC1C3. The molecule has 0 radical (unpaired) electrons. The number of hydrogen-bond acceptors (Lipinski definition) is 2. The maximum absolute atomic E-state index is 10.7. The molecule has 98 valence electrons. The van der Waals surface area contributed by atoms with Crippen molar-refractivity contribution in [2.75, 3.05) is 0 Å². The molecule has 18 heavy (non-hydrogen) atoms. The molecule has 1 aromatic rings.